The fourth-order valence-corrected chi connectivity index (χ4v) is 0.970. The van der Waals surface area contributed by atoms with E-state index >= 15 is 0 Å². The van der Waals surface area contributed by atoms with Crippen molar-refractivity contribution in [2.75, 3.05) is 13.7 Å². The van der Waals surface area contributed by atoms with E-state index in [1.165, 1.54) is 31.4 Å². The lowest BCUT2D eigenvalue weighted by Crippen LogP contribution is -2.19. The highest BCUT2D eigenvalue weighted by molar-refractivity contribution is 5.28. The predicted molar refractivity (Wildman–Crippen MR) is 43.9 cm³/mol. The summed E-state index contributed by atoms with van der Waals surface area (Å²) in [4.78, 5) is 0. The molecule has 0 saturated heterocycles. The first-order valence-electron chi connectivity index (χ1n) is 3.72. The van der Waals surface area contributed by atoms with Gasteiger partial charge in [-0.25, -0.2) is 0 Å². The highest BCUT2D eigenvalue weighted by atomic mass is 19.3. The summed E-state index contributed by atoms with van der Waals surface area (Å²) in [5.41, 5.74) is -0.160. The lowest BCUT2D eigenvalue weighted by molar-refractivity contribution is -0.0698. The lowest BCUT2D eigenvalue weighted by atomic mass is 10.1. The molecule has 0 aromatic heterocycles. The number of benzene rings is 1. The van der Waals surface area contributed by atoms with Gasteiger partial charge in [0.15, 0.2) is 0 Å². The number of phenolic OH excluding ortho intramolecular Hbond substituents is 1. The summed E-state index contributed by atoms with van der Waals surface area (Å²) in [6.07, 6.45) is 0. The molecule has 0 amide bonds. The SMILES string of the molecule is COCC(F)(F)c1ccc(O)cc1. The molecule has 0 aliphatic rings. The van der Waals surface area contributed by atoms with Crippen LogP contribution >= 0.6 is 0 Å². The quantitative estimate of drug-likeness (QED) is 0.787. The molecule has 0 saturated carbocycles. The fourth-order valence-electron chi connectivity index (χ4n) is 0.970. The van der Waals surface area contributed by atoms with E-state index < -0.39 is 12.5 Å². The molecular weight excluding hydrogens is 178 g/mol. The van der Waals surface area contributed by atoms with Gasteiger partial charge in [-0.1, -0.05) is 0 Å². The highest BCUT2D eigenvalue weighted by Gasteiger charge is 2.31. The first-order chi connectivity index (χ1) is 6.06. The standard InChI is InChI=1S/C9H10F2O2/c1-13-6-9(10,11)7-2-4-8(12)5-3-7/h2-5,12H,6H2,1H3. The normalized spacial score (nSPS) is 11.6. The Balaban J connectivity index is 2.87. The first kappa shape index (κ1) is 9.92. The summed E-state index contributed by atoms with van der Waals surface area (Å²) in [5.74, 6) is -3.03. The maximum Gasteiger partial charge on any atom is 0.296 e. The number of rotatable bonds is 3. The predicted octanol–water partition coefficient (Wildman–Crippen LogP) is 2.13. The summed E-state index contributed by atoms with van der Waals surface area (Å²) in [6.45, 7) is -0.655. The number of hydrogen-bond acceptors (Lipinski definition) is 2. The second-order valence-electron chi connectivity index (χ2n) is 2.68. The number of aromatic hydroxyl groups is 1. The van der Waals surface area contributed by atoms with Gasteiger partial charge in [-0.05, 0) is 24.3 Å². The summed E-state index contributed by atoms with van der Waals surface area (Å²) in [7, 11) is 1.22. The van der Waals surface area contributed by atoms with Crippen molar-refractivity contribution >= 4 is 0 Å². The minimum Gasteiger partial charge on any atom is -0.508 e. The Labute approximate surface area is 74.8 Å². The molecule has 72 valence electrons. The largest absolute Gasteiger partial charge is 0.508 e. The number of alkyl halides is 2. The molecule has 4 heteroatoms. The van der Waals surface area contributed by atoms with E-state index in [9.17, 15) is 8.78 Å². The van der Waals surface area contributed by atoms with Gasteiger partial charge in [-0.2, -0.15) is 8.78 Å². The van der Waals surface area contributed by atoms with Crippen LogP contribution in [0.3, 0.4) is 0 Å². The van der Waals surface area contributed by atoms with Crippen LogP contribution in [0.4, 0.5) is 8.78 Å². The van der Waals surface area contributed by atoms with E-state index in [0.29, 0.717) is 0 Å². The van der Waals surface area contributed by atoms with Gasteiger partial charge in [0.05, 0.1) is 0 Å². The minimum absolute atomic E-state index is 0.0306. The average molecular weight is 188 g/mol. The summed E-state index contributed by atoms with van der Waals surface area (Å²) in [5, 5.41) is 8.88. The molecule has 0 unspecified atom stereocenters. The zero-order chi connectivity index (χ0) is 9.90. The van der Waals surface area contributed by atoms with Crippen molar-refractivity contribution in [2.24, 2.45) is 0 Å². The van der Waals surface area contributed by atoms with Gasteiger partial charge in [0.25, 0.3) is 5.92 Å². The van der Waals surface area contributed by atoms with Crippen molar-refractivity contribution in [3.63, 3.8) is 0 Å². The van der Waals surface area contributed by atoms with E-state index in [1.54, 1.807) is 0 Å². The maximum atomic E-state index is 13.1. The average Bonchev–Trinajstić information content (AvgIpc) is 2.05. The summed E-state index contributed by atoms with van der Waals surface area (Å²) in [6, 6.07) is 4.79. The third kappa shape index (κ3) is 2.39. The van der Waals surface area contributed by atoms with Gasteiger partial charge in [0.1, 0.15) is 12.4 Å². The fraction of sp³-hybridized carbons (Fsp3) is 0.333. The monoisotopic (exact) mass is 188 g/mol. The molecule has 1 rings (SSSR count). The molecule has 0 atom stereocenters. The Hall–Kier alpha value is -1.16. The smallest absolute Gasteiger partial charge is 0.296 e. The van der Waals surface area contributed by atoms with E-state index in [2.05, 4.69) is 4.74 Å². The second-order valence-corrected chi connectivity index (χ2v) is 2.68. The van der Waals surface area contributed by atoms with Crippen LogP contribution in [-0.4, -0.2) is 18.8 Å². The molecule has 0 aliphatic carbocycles. The summed E-state index contributed by atoms with van der Waals surface area (Å²) < 4.78 is 30.5. The van der Waals surface area contributed by atoms with Crippen LogP contribution in [0.15, 0.2) is 24.3 Å². The molecule has 13 heavy (non-hydrogen) atoms. The van der Waals surface area contributed by atoms with Crippen molar-refractivity contribution < 1.29 is 18.6 Å². The third-order valence-electron chi connectivity index (χ3n) is 1.62. The molecule has 0 bridgehead atoms. The van der Waals surface area contributed by atoms with Crippen LogP contribution in [0.5, 0.6) is 5.75 Å². The van der Waals surface area contributed by atoms with Gasteiger partial charge >= 0.3 is 0 Å². The van der Waals surface area contributed by atoms with Gasteiger partial charge in [0.2, 0.25) is 0 Å². The van der Waals surface area contributed by atoms with E-state index in [4.69, 9.17) is 5.11 Å². The Morgan fingerprint density at radius 2 is 1.85 bits per heavy atom. The van der Waals surface area contributed by atoms with Crippen molar-refractivity contribution in [3.8, 4) is 5.75 Å². The van der Waals surface area contributed by atoms with Crippen LogP contribution in [-0.2, 0) is 10.7 Å². The number of halogens is 2. The van der Waals surface area contributed by atoms with Crippen LogP contribution in [0.25, 0.3) is 0 Å². The van der Waals surface area contributed by atoms with E-state index in [-0.39, 0.29) is 11.3 Å². The highest BCUT2D eigenvalue weighted by Crippen LogP contribution is 2.28. The van der Waals surface area contributed by atoms with E-state index in [0.717, 1.165) is 0 Å². The molecule has 0 heterocycles. The molecule has 0 radical (unpaired) electrons. The van der Waals surface area contributed by atoms with Crippen LogP contribution in [0.2, 0.25) is 0 Å². The topological polar surface area (TPSA) is 29.5 Å². The molecule has 0 aliphatic heterocycles. The Morgan fingerprint density at radius 1 is 1.31 bits per heavy atom. The molecule has 1 aromatic rings. The van der Waals surface area contributed by atoms with Crippen LogP contribution < -0.4 is 0 Å². The number of methoxy groups -OCH3 is 1. The molecule has 1 N–H and O–H groups in total. The van der Waals surface area contributed by atoms with Crippen molar-refractivity contribution in [1.29, 1.82) is 0 Å². The van der Waals surface area contributed by atoms with Gasteiger partial charge in [-0.3, -0.25) is 0 Å². The summed E-state index contributed by atoms with van der Waals surface area (Å²) >= 11 is 0. The lowest BCUT2D eigenvalue weighted by Gasteiger charge is -2.15. The Bertz CT molecular complexity index is 269. The first-order valence-corrected chi connectivity index (χ1v) is 3.72. The molecule has 1 aromatic carbocycles. The molecule has 2 nitrogen and oxygen atoms in total. The van der Waals surface area contributed by atoms with Crippen molar-refractivity contribution in [1.82, 2.24) is 0 Å². The van der Waals surface area contributed by atoms with Crippen molar-refractivity contribution in [3.05, 3.63) is 29.8 Å². The Morgan fingerprint density at radius 3 is 2.31 bits per heavy atom. The molecule has 0 fully saturated rings. The molecule has 0 spiro atoms. The Kier molecular flexibility index (Phi) is 2.83. The van der Waals surface area contributed by atoms with Gasteiger partial charge < -0.3 is 9.84 Å². The zero-order valence-corrected chi connectivity index (χ0v) is 7.13. The number of phenols is 1. The van der Waals surface area contributed by atoms with Crippen molar-refractivity contribution in [2.45, 2.75) is 5.92 Å². The third-order valence-corrected chi connectivity index (χ3v) is 1.62. The number of ether oxygens (including phenoxy) is 1. The number of hydrogen-bond donors (Lipinski definition) is 1. The maximum absolute atomic E-state index is 13.1. The van der Waals surface area contributed by atoms with Crippen LogP contribution in [0, 0.1) is 0 Å². The molecular formula is C9H10F2O2. The van der Waals surface area contributed by atoms with Gasteiger partial charge in [-0.15, -0.1) is 0 Å². The second kappa shape index (κ2) is 3.70. The van der Waals surface area contributed by atoms with Crippen LogP contribution in [0.1, 0.15) is 5.56 Å². The van der Waals surface area contributed by atoms with E-state index in [1.807, 2.05) is 0 Å². The minimum atomic E-state index is -3.00. The van der Waals surface area contributed by atoms with Gasteiger partial charge in [0, 0.05) is 12.7 Å². The zero-order valence-electron chi connectivity index (χ0n) is 7.13.